The summed E-state index contributed by atoms with van der Waals surface area (Å²) in [5.74, 6) is -0.159. The molecule has 0 amide bonds. The number of ketones is 1. The predicted octanol–water partition coefficient (Wildman–Crippen LogP) is 4.53. The second-order valence-electron chi connectivity index (χ2n) is 6.93. The average Bonchev–Trinajstić information content (AvgIpc) is 2.62. The Labute approximate surface area is 139 Å². The van der Waals surface area contributed by atoms with Gasteiger partial charge in [-0.15, -0.1) is 0 Å². The van der Waals surface area contributed by atoms with E-state index >= 15 is 0 Å². The first-order valence-electron chi connectivity index (χ1n) is 7.96. The number of ether oxygens (including phenoxy) is 1. The molecule has 3 atom stereocenters. The molecule has 22 heavy (non-hydrogen) atoms. The number of halogens is 1. The molecule has 0 N–H and O–H groups in total. The Hall–Kier alpha value is -1.16. The Balaban J connectivity index is 1.74. The second kappa shape index (κ2) is 6.15. The minimum Gasteiger partial charge on any atom is -0.458 e. The van der Waals surface area contributed by atoms with Gasteiger partial charge in [0.25, 0.3) is 0 Å². The first-order valence-corrected chi connectivity index (χ1v) is 8.75. The van der Waals surface area contributed by atoms with Gasteiger partial charge < -0.3 is 4.74 Å². The van der Waals surface area contributed by atoms with Crippen molar-refractivity contribution in [2.45, 2.75) is 51.6 Å². The Morgan fingerprint density at radius 3 is 2.73 bits per heavy atom. The summed E-state index contributed by atoms with van der Waals surface area (Å²) in [6.45, 7) is 2.27. The van der Waals surface area contributed by atoms with Crippen molar-refractivity contribution in [1.29, 1.82) is 0 Å². The SMILES string of the molecule is C[C@]12CCC[C@@H](OC(=O)c3ccc(Br)cc3)[C@H](C1)C(=O)CC2. The molecule has 0 aromatic heterocycles. The van der Waals surface area contributed by atoms with Gasteiger partial charge in [0, 0.05) is 10.9 Å². The van der Waals surface area contributed by atoms with Crippen LogP contribution in [0, 0.1) is 11.3 Å². The average molecular weight is 365 g/mol. The van der Waals surface area contributed by atoms with Gasteiger partial charge in [0.1, 0.15) is 11.9 Å². The van der Waals surface area contributed by atoms with Crippen molar-refractivity contribution in [3.8, 4) is 0 Å². The first kappa shape index (κ1) is 15.7. The molecule has 2 saturated carbocycles. The first-order chi connectivity index (χ1) is 10.5. The van der Waals surface area contributed by atoms with Crippen molar-refractivity contribution in [3.05, 3.63) is 34.3 Å². The molecule has 1 aromatic carbocycles. The molecule has 118 valence electrons. The molecule has 0 saturated heterocycles. The van der Waals surface area contributed by atoms with Crippen molar-refractivity contribution in [2.24, 2.45) is 11.3 Å². The fraction of sp³-hybridized carbons (Fsp3) is 0.556. The number of Topliss-reactive ketones (excluding diaryl/α,β-unsaturated/α-hetero) is 1. The van der Waals surface area contributed by atoms with Crippen LogP contribution in [0.3, 0.4) is 0 Å². The highest BCUT2D eigenvalue weighted by molar-refractivity contribution is 9.10. The molecule has 3 nitrogen and oxygen atoms in total. The highest BCUT2D eigenvalue weighted by Gasteiger charge is 2.44. The lowest BCUT2D eigenvalue weighted by Crippen LogP contribution is -2.38. The molecule has 3 rings (SSSR count). The van der Waals surface area contributed by atoms with Crippen LogP contribution in [-0.4, -0.2) is 17.9 Å². The zero-order valence-corrected chi connectivity index (χ0v) is 14.4. The van der Waals surface area contributed by atoms with Crippen LogP contribution in [-0.2, 0) is 9.53 Å². The molecule has 0 spiro atoms. The fourth-order valence-electron chi connectivity index (χ4n) is 3.79. The van der Waals surface area contributed by atoms with E-state index in [4.69, 9.17) is 4.74 Å². The quantitative estimate of drug-likeness (QED) is 0.723. The minimum atomic E-state index is -0.320. The molecule has 0 radical (unpaired) electrons. The summed E-state index contributed by atoms with van der Waals surface area (Å²) in [7, 11) is 0. The van der Waals surface area contributed by atoms with Crippen LogP contribution in [0.1, 0.15) is 55.8 Å². The van der Waals surface area contributed by atoms with Gasteiger partial charge in [0.2, 0.25) is 0 Å². The topological polar surface area (TPSA) is 43.4 Å². The third kappa shape index (κ3) is 3.27. The molecule has 0 aliphatic heterocycles. The van der Waals surface area contributed by atoms with Crippen LogP contribution in [0.4, 0.5) is 0 Å². The third-order valence-corrected chi connectivity index (χ3v) is 5.69. The number of fused-ring (bicyclic) bond motifs is 2. The number of carbonyl (C=O) groups is 2. The van der Waals surface area contributed by atoms with Crippen molar-refractivity contribution >= 4 is 27.7 Å². The van der Waals surface area contributed by atoms with Crippen molar-refractivity contribution < 1.29 is 14.3 Å². The third-order valence-electron chi connectivity index (χ3n) is 5.16. The highest BCUT2D eigenvalue weighted by atomic mass is 79.9. The fourth-order valence-corrected chi connectivity index (χ4v) is 4.05. The van der Waals surface area contributed by atoms with Gasteiger partial charge in [-0.25, -0.2) is 4.79 Å². The van der Waals surface area contributed by atoms with E-state index in [9.17, 15) is 9.59 Å². The molecule has 2 fully saturated rings. The number of benzene rings is 1. The van der Waals surface area contributed by atoms with E-state index in [1.165, 1.54) is 0 Å². The summed E-state index contributed by atoms with van der Waals surface area (Å²) in [5.41, 5.74) is 0.788. The molecule has 4 heteroatoms. The largest absolute Gasteiger partial charge is 0.458 e. The zero-order valence-electron chi connectivity index (χ0n) is 12.8. The Morgan fingerprint density at radius 1 is 1.27 bits per heavy atom. The lowest BCUT2D eigenvalue weighted by atomic mass is 9.69. The van der Waals surface area contributed by atoms with Crippen LogP contribution in [0.2, 0.25) is 0 Å². The monoisotopic (exact) mass is 364 g/mol. The van der Waals surface area contributed by atoms with Gasteiger partial charge in [-0.1, -0.05) is 22.9 Å². The summed E-state index contributed by atoms with van der Waals surface area (Å²) in [4.78, 5) is 24.6. The minimum absolute atomic E-state index is 0.111. The molecule has 1 aromatic rings. The number of hydrogen-bond donors (Lipinski definition) is 0. The van der Waals surface area contributed by atoms with Crippen LogP contribution >= 0.6 is 15.9 Å². The number of rotatable bonds is 2. The highest BCUT2D eigenvalue weighted by Crippen LogP contribution is 2.46. The Kier molecular flexibility index (Phi) is 4.40. The normalized spacial score (nSPS) is 31.5. The molecule has 0 heterocycles. The summed E-state index contributed by atoms with van der Waals surface area (Å²) in [6.07, 6.45) is 5.18. The van der Waals surface area contributed by atoms with E-state index < -0.39 is 0 Å². The van der Waals surface area contributed by atoms with E-state index in [-0.39, 0.29) is 29.2 Å². The Bertz CT molecular complexity index is 580. The van der Waals surface area contributed by atoms with Crippen LogP contribution in [0.15, 0.2) is 28.7 Å². The summed E-state index contributed by atoms with van der Waals surface area (Å²) in [6, 6.07) is 7.14. The maximum atomic E-state index is 12.3. The summed E-state index contributed by atoms with van der Waals surface area (Å²) in [5, 5.41) is 0. The van der Waals surface area contributed by atoms with E-state index in [1.807, 2.05) is 12.1 Å². The smallest absolute Gasteiger partial charge is 0.338 e. The van der Waals surface area contributed by atoms with Crippen molar-refractivity contribution in [1.82, 2.24) is 0 Å². The van der Waals surface area contributed by atoms with Gasteiger partial charge in [0.05, 0.1) is 11.5 Å². The predicted molar refractivity (Wildman–Crippen MR) is 87.7 cm³/mol. The lowest BCUT2D eigenvalue weighted by molar-refractivity contribution is -0.131. The van der Waals surface area contributed by atoms with Crippen molar-refractivity contribution in [3.63, 3.8) is 0 Å². The molecule has 2 aliphatic rings. The molecular formula is C18H21BrO3. The maximum Gasteiger partial charge on any atom is 0.338 e. The van der Waals surface area contributed by atoms with Gasteiger partial charge >= 0.3 is 5.97 Å². The van der Waals surface area contributed by atoms with Crippen LogP contribution < -0.4 is 0 Å². The standard InChI is InChI=1S/C18H21BrO3/c1-18-9-2-3-16(14(11-18)15(20)8-10-18)22-17(21)12-4-6-13(19)7-5-12/h4-7,14,16H,2-3,8-11H2,1H3/t14-,16-,18-/m1/s1. The van der Waals surface area contributed by atoms with E-state index in [0.29, 0.717) is 12.0 Å². The summed E-state index contributed by atoms with van der Waals surface area (Å²) >= 11 is 3.36. The molecule has 0 unspecified atom stereocenters. The van der Waals surface area contributed by atoms with E-state index in [0.717, 1.165) is 36.6 Å². The maximum absolute atomic E-state index is 12.3. The Morgan fingerprint density at radius 2 is 2.00 bits per heavy atom. The van der Waals surface area contributed by atoms with E-state index in [2.05, 4.69) is 22.9 Å². The zero-order chi connectivity index (χ0) is 15.7. The number of carbonyl (C=O) groups excluding carboxylic acids is 2. The van der Waals surface area contributed by atoms with Gasteiger partial charge in [-0.3, -0.25) is 4.79 Å². The lowest BCUT2D eigenvalue weighted by Gasteiger charge is -2.36. The molecular weight excluding hydrogens is 344 g/mol. The molecule has 2 aliphatic carbocycles. The van der Waals surface area contributed by atoms with Gasteiger partial charge in [-0.2, -0.15) is 0 Å². The number of esters is 1. The molecule has 2 bridgehead atoms. The van der Waals surface area contributed by atoms with Gasteiger partial charge in [0.15, 0.2) is 0 Å². The summed E-state index contributed by atoms with van der Waals surface area (Å²) < 4.78 is 6.65. The van der Waals surface area contributed by atoms with Crippen LogP contribution in [0.25, 0.3) is 0 Å². The van der Waals surface area contributed by atoms with Gasteiger partial charge in [-0.05, 0) is 61.8 Å². The second-order valence-corrected chi connectivity index (χ2v) is 7.85. The van der Waals surface area contributed by atoms with Crippen molar-refractivity contribution in [2.75, 3.05) is 0 Å². The van der Waals surface area contributed by atoms with E-state index in [1.54, 1.807) is 12.1 Å². The number of hydrogen-bond acceptors (Lipinski definition) is 3. The van der Waals surface area contributed by atoms with Crippen LogP contribution in [0.5, 0.6) is 0 Å².